The van der Waals surface area contributed by atoms with Crippen LogP contribution in [0, 0.1) is 0 Å². The van der Waals surface area contributed by atoms with E-state index in [1.54, 1.807) is 23.5 Å². The molecule has 2 aromatic rings. The van der Waals surface area contributed by atoms with Gasteiger partial charge in [-0.2, -0.15) is 0 Å². The summed E-state index contributed by atoms with van der Waals surface area (Å²) in [5, 5.41) is 13.0. The summed E-state index contributed by atoms with van der Waals surface area (Å²) in [4.78, 5) is 6.73. The maximum absolute atomic E-state index is 9.30. The maximum atomic E-state index is 9.30. The fraction of sp³-hybridized carbons (Fsp3) is 0.438. The van der Waals surface area contributed by atoms with Crippen LogP contribution < -0.4 is 4.74 Å². The second-order valence-corrected chi connectivity index (χ2v) is 6.73. The van der Waals surface area contributed by atoms with Crippen molar-refractivity contribution in [2.45, 2.75) is 32.6 Å². The summed E-state index contributed by atoms with van der Waals surface area (Å²) >= 11 is 7.44. The zero-order valence-corrected chi connectivity index (χ0v) is 14.4. The van der Waals surface area contributed by atoms with E-state index in [1.165, 1.54) is 0 Å². The molecule has 0 aliphatic heterocycles. The van der Waals surface area contributed by atoms with Gasteiger partial charge in [-0.05, 0) is 44.7 Å². The Morgan fingerprint density at radius 2 is 2.09 bits per heavy atom. The van der Waals surface area contributed by atoms with Crippen molar-refractivity contribution < 1.29 is 9.84 Å². The van der Waals surface area contributed by atoms with Crippen LogP contribution in [0.25, 0.3) is 0 Å². The quantitative estimate of drug-likeness (QED) is 0.797. The highest BCUT2D eigenvalue weighted by molar-refractivity contribution is 7.09. The molecular formula is C16H21ClN2O2S. The topological polar surface area (TPSA) is 45.6 Å². The Kier molecular flexibility index (Phi) is 6.64. The van der Waals surface area contributed by atoms with E-state index in [1.807, 2.05) is 26.1 Å². The van der Waals surface area contributed by atoms with Gasteiger partial charge in [-0.25, -0.2) is 4.98 Å². The van der Waals surface area contributed by atoms with Gasteiger partial charge in [0.1, 0.15) is 17.4 Å². The molecule has 1 aromatic heterocycles. The van der Waals surface area contributed by atoms with Gasteiger partial charge >= 0.3 is 0 Å². The Balaban J connectivity index is 1.79. The SMILES string of the molecule is CC(O)CCN(C)Cc1csc(COc2ccc(Cl)cc2)n1. The molecule has 0 saturated heterocycles. The van der Waals surface area contributed by atoms with Gasteiger partial charge in [0.2, 0.25) is 0 Å². The van der Waals surface area contributed by atoms with Crippen LogP contribution in [0.1, 0.15) is 24.0 Å². The number of hydrogen-bond acceptors (Lipinski definition) is 5. The second kappa shape index (κ2) is 8.48. The van der Waals surface area contributed by atoms with Gasteiger partial charge < -0.3 is 14.7 Å². The van der Waals surface area contributed by atoms with E-state index in [0.29, 0.717) is 11.6 Å². The maximum Gasteiger partial charge on any atom is 0.140 e. The highest BCUT2D eigenvalue weighted by Gasteiger charge is 2.07. The van der Waals surface area contributed by atoms with Crippen molar-refractivity contribution >= 4 is 22.9 Å². The molecule has 0 bridgehead atoms. The van der Waals surface area contributed by atoms with E-state index in [2.05, 4.69) is 15.3 Å². The zero-order valence-electron chi connectivity index (χ0n) is 12.8. The normalized spacial score (nSPS) is 12.6. The van der Waals surface area contributed by atoms with Crippen molar-refractivity contribution in [1.29, 1.82) is 0 Å². The Morgan fingerprint density at radius 3 is 2.77 bits per heavy atom. The number of nitrogens with zero attached hydrogens (tertiary/aromatic N) is 2. The number of halogens is 1. The first-order valence-corrected chi connectivity index (χ1v) is 8.47. The standard InChI is InChI=1S/C16H21ClN2O2S/c1-12(20)7-8-19(2)9-14-11-22-16(18-14)10-21-15-5-3-13(17)4-6-15/h3-6,11-12,20H,7-10H2,1-2H3. The molecule has 0 spiro atoms. The van der Waals surface area contributed by atoms with Crippen LogP contribution in [0.3, 0.4) is 0 Å². The van der Waals surface area contributed by atoms with Crippen LogP contribution in [0.2, 0.25) is 5.02 Å². The molecule has 22 heavy (non-hydrogen) atoms. The Bertz CT molecular complexity index is 572. The Hall–Kier alpha value is -1.14. The van der Waals surface area contributed by atoms with Crippen molar-refractivity contribution in [3.05, 3.63) is 45.4 Å². The number of ether oxygens (including phenoxy) is 1. The molecule has 0 amide bonds. The van der Waals surface area contributed by atoms with Crippen LogP contribution in [0.4, 0.5) is 0 Å². The smallest absolute Gasteiger partial charge is 0.140 e. The Morgan fingerprint density at radius 1 is 1.36 bits per heavy atom. The molecule has 4 nitrogen and oxygen atoms in total. The lowest BCUT2D eigenvalue weighted by Crippen LogP contribution is -2.22. The summed E-state index contributed by atoms with van der Waals surface area (Å²) in [5.74, 6) is 0.787. The van der Waals surface area contributed by atoms with Crippen molar-refractivity contribution in [2.75, 3.05) is 13.6 Å². The number of rotatable bonds is 8. The lowest BCUT2D eigenvalue weighted by Gasteiger charge is -2.15. The lowest BCUT2D eigenvalue weighted by molar-refractivity contribution is 0.162. The van der Waals surface area contributed by atoms with Crippen LogP contribution in [-0.2, 0) is 13.2 Å². The van der Waals surface area contributed by atoms with Gasteiger partial charge in [-0.1, -0.05) is 11.6 Å². The van der Waals surface area contributed by atoms with E-state index in [9.17, 15) is 5.11 Å². The lowest BCUT2D eigenvalue weighted by atomic mass is 10.3. The van der Waals surface area contributed by atoms with Crippen molar-refractivity contribution in [3.8, 4) is 5.75 Å². The first-order chi connectivity index (χ1) is 10.5. The van der Waals surface area contributed by atoms with Crippen molar-refractivity contribution in [3.63, 3.8) is 0 Å². The number of benzene rings is 1. The molecule has 0 aliphatic rings. The van der Waals surface area contributed by atoms with E-state index >= 15 is 0 Å². The molecule has 0 fully saturated rings. The molecule has 6 heteroatoms. The highest BCUT2D eigenvalue weighted by atomic mass is 35.5. The van der Waals surface area contributed by atoms with Crippen LogP contribution >= 0.6 is 22.9 Å². The van der Waals surface area contributed by atoms with E-state index in [-0.39, 0.29) is 6.10 Å². The predicted molar refractivity (Wildman–Crippen MR) is 90.5 cm³/mol. The van der Waals surface area contributed by atoms with Crippen LogP contribution in [0.15, 0.2) is 29.6 Å². The molecule has 1 atom stereocenters. The molecule has 1 N–H and O–H groups in total. The van der Waals surface area contributed by atoms with E-state index in [0.717, 1.165) is 36.0 Å². The summed E-state index contributed by atoms with van der Waals surface area (Å²) in [6, 6.07) is 7.31. The highest BCUT2D eigenvalue weighted by Crippen LogP contribution is 2.18. The molecule has 1 heterocycles. The number of aromatic nitrogens is 1. The third-order valence-corrected chi connectivity index (χ3v) is 4.26. The molecule has 0 saturated carbocycles. The largest absolute Gasteiger partial charge is 0.486 e. The molecule has 1 unspecified atom stereocenters. The minimum atomic E-state index is -0.263. The average Bonchev–Trinajstić information content (AvgIpc) is 2.92. The summed E-state index contributed by atoms with van der Waals surface area (Å²) < 4.78 is 5.69. The van der Waals surface area contributed by atoms with Crippen molar-refractivity contribution in [2.24, 2.45) is 0 Å². The summed E-state index contributed by atoms with van der Waals surface area (Å²) in [5.41, 5.74) is 1.03. The minimum absolute atomic E-state index is 0.263. The fourth-order valence-electron chi connectivity index (χ4n) is 1.93. The van der Waals surface area contributed by atoms with Gasteiger partial charge in [-0.15, -0.1) is 11.3 Å². The van der Waals surface area contributed by atoms with Gasteiger partial charge in [-0.3, -0.25) is 0 Å². The molecule has 1 aromatic carbocycles. The number of thiazole rings is 1. The number of aliphatic hydroxyl groups excluding tert-OH is 1. The molecule has 120 valence electrons. The predicted octanol–water partition coefficient (Wildman–Crippen LogP) is 3.58. The first kappa shape index (κ1) is 17.2. The molecular weight excluding hydrogens is 320 g/mol. The van der Waals surface area contributed by atoms with E-state index in [4.69, 9.17) is 16.3 Å². The first-order valence-electron chi connectivity index (χ1n) is 7.21. The van der Waals surface area contributed by atoms with Crippen molar-refractivity contribution in [1.82, 2.24) is 9.88 Å². The third kappa shape index (κ3) is 5.93. The monoisotopic (exact) mass is 340 g/mol. The second-order valence-electron chi connectivity index (χ2n) is 5.35. The van der Waals surface area contributed by atoms with E-state index < -0.39 is 0 Å². The molecule has 0 aliphatic carbocycles. The van der Waals surface area contributed by atoms with Crippen LogP contribution in [-0.4, -0.2) is 34.7 Å². The number of hydrogen-bond donors (Lipinski definition) is 1. The molecule has 2 rings (SSSR count). The van der Waals surface area contributed by atoms with Gasteiger partial charge in [0.05, 0.1) is 11.8 Å². The molecule has 0 radical (unpaired) electrons. The summed E-state index contributed by atoms with van der Waals surface area (Å²) in [6.07, 6.45) is 0.508. The van der Waals surface area contributed by atoms with Gasteiger partial charge in [0.15, 0.2) is 0 Å². The fourth-order valence-corrected chi connectivity index (χ4v) is 2.75. The zero-order chi connectivity index (χ0) is 15.9. The van der Waals surface area contributed by atoms with Crippen LogP contribution in [0.5, 0.6) is 5.75 Å². The van der Waals surface area contributed by atoms with Gasteiger partial charge in [0.25, 0.3) is 0 Å². The minimum Gasteiger partial charge on any atom is -0.486 e. The number of aliphatic hydroxyl groups is 1. The third-order valence-electron chi connectivity index (χ3n) is 3.14. The summed E-state index contributed by atoms with van der Waals surface area (Å²) in [7, 11) is 2.03. The Labute approximate surface area is 140 Å². The average molecular weight is 341 g/mol. The van der Waals surface area contributed by atoms with Gasteiger partial charge in [0, 0.05) is 23.5 Å². The summed E-state index contributed by atoms with van der Waals surface area (Å²) in [6.45, 7) is 3.91.